The van der Waals surface area contributed by atoms with Crippen molar-refractivity contribution in [2.75, 3.05) is 23.1 Å². The maximum absolute atomic E-state index is 12.9. The van der Waals surface area contributed by atoms with Crippen LogP contribution in [0.25, 0.3) is 0 Å². The molecule has 1 atom stereocenters. The minimum atomic E-state index is -3.80. The molecule has 35 heavy (non-hydrogen) atoms. The molecular weight excluding hydrogens is 506 g/mol. The van der Waals surface area contributed by atoms with Crippen molar-refractivity contribution in [2.45, 2.75) is 35.8 Å². The number of piperidine rings is 1. The van der Waals surface area contributed by atoms with E-state index in [1.807, 2.05) is 26.0 Å². The minimum Gasteiger partial charge on any atom is -0.326 e. The lowest BCUT2D eigenvalue weighted by atomic mass is 9.99. The fourth-order valence-electron chi connectivity index (χ4n) is 3.92. The van der Waals surface area contributed by atoms with E-state index in [1.54, 1.807) is 23.6 Å². The van der Waals surface area contributed by atoms with Gasteiger partial charge >= 0.3 is 0 Å². The van der Waals surface area contributed by atoms with E-state index < -0.39 is 26.0 Å². The molecule has 0 saturated carbocycles. The van der Waals surface area contributed by atoms with Crippen molar-refractivity contribution < 1.29 is 21.6 Å². The number of nitrogens with zero attached hydrogens (tertiary/aromatic N) is 1. The number of carbonyl (C=O) groups is 1. The first-order valence-corrected chi connectivity index (χ1v) is 14.9. The van der Waals surface area contributed by atoms with Gasteiger partial charge in [0, 0.05) is 18.8 Å². The predicted octanol–water partition coefficient (Wildman–Crippen LogP) is 4.21. The lowest BCUT2D eigenvalue weighted by Crippen LogP contribution is -2.43. The average molecular weight is 534 g/mol. The van der Waals surface area contributed by atoms with E-state index in [9.17, 15) is 21.6 Å². The van der Waals surface area contributed by atoms with Crippen LogP contribution in [0.4, 0.5) is 11.4 Å². The van der Waals surface area contributed by atoms with Crippen molar-refractivity contribution in [1.82, 2.24) is 4.31 Å². The number of amides is 1. The van der Waals surface area contributed by atoms with Crippen molar-refractivity contribution in [3.8, 4) is 0 Å². The van der Waals surface area contributed by atoms with Gasteiger partial charge in [0.15, 0.2) is 0 Å². The molecule has 1 fully saturated rings. The third kappa shape index (κ3) is 5.75. The topological polar surface area (TPSA) is 113 Å². The van der Waals surface area contributed by atoms with Gasteiger partial charge in [0.2, 0.25) is 5.91 Å². The zero-order valence-electron chi connectivity index (χ0n) is 19.4. The number of thiophene rings is 1. The van der Waals surface area contributed by atoms with Crippen LogP contribution in [0.1, 0.15) is 24.0 Å². The van der Waals surface area contributed by atoms with Crippen LogP contribution in [-0.4, -0.2) is 40.1 Å². The standard InChI is InChI=1S/C24H27N3O5S3/c1-17-7-8-18(2)22(15-17)26-34(29,30)21-11-9-20(10-12-21)25-24(28)19-5-3-13-27(16-19)35(31,32)23-6-4-14-33-23/h4,6-12,14-15,19,26H,3,5,13,16H2,1-2H3,(H,25,28)/t19-/m0/s1. The Kier molecular flexibility index (Phi) is 7.32. The van der Waals surface area contributed by atoms with Gasteiger partial charge in [-0.25, -0.2) is 16.8 Å². The molecule has 0 bridgehead atoms. The summed E-state index contributed by atoms with van der Waals surface area (Å²) in [5.41, 5.74) is 2.71. The SMILES string of the molecule is Cc1ccc(C)c(NS(=O)(=O)c2ccc(NC(=O)[C@H]3CCCN(S(=O)(=O)c4cccs4)C3)cc2)c1. The van der Waals surface area contributed by atoms with E-state index in [2.05, 4.69) is 10.0 Å². The number of hydrogen-bond donors (Lipinski definition) is 2. The molecule has 0 aliphatic carbocycles. The quantitative estimate of drug-likeness (QED) is 0.473. The molecule has 1 aliphatic heterocycles. The van der Waals surface area contributed by atoms with Crippen LogP contribution in [0, 0.1) is 19.8 Å². The molecule has 1 saturated heterocycles. The molecule has 2 heterocycles. The number of benzene rings is 2. The first kappa shape index (κ1) is 25.4. The summed E-state index contributed by atoms with van der Waals surface area (Å²) in [5, 5.41) is 4.50. The maximum atomic E-state index is 12.9. The van der Waals surface area contributed by atoms with Crippen LogP contribution in [0.15, 0.2) is 69.1 Å². The highest BCUT2D eigenvalue weighted by Crippen LogP contribution is 2.27. The molecule has 0 unspecified atom stereocenters. The second kappa shape index (κ2) is 10.1. The van der Waals surface area contributed by atoms with Gasteiger partial charge in [-0.3, -0.25) is 9.52 Å². The second-order valence-electron chi connectivity index (χ2n) is 8.57. The highest BCUT2D eigenvalue weighted by Gasteiger charge is 2.33. The number of aryl methyl sites for hydroxylation is 2. The minimum absolute atomic E-state index is 0.0716. The maximum Gasteiger partial charge on any atom is 0.261 e. The van der Waals surface area contributed by atoms with E-state index >= 15 is 0 Å². The first-order valence-electron chi connectivity index (χ1n) is 11.1. The summed E-state index contributed by atoms with van der Waals surface area (Å²) in [6.07, 6.45) is 1.17. The van der Waals surface area contributed by atoms with Gasteiger partial charge in [-0.1, -0.05) is 18.2 Å². The van der Waals surface area contributed by atoms with Crippen molar-refractivity contribution in [2.24, 2.45) is 5.92 Å². The molecule has 186 valence electrons. The second-order valence-corrected chi connectivity index (χ2v) is 13.4. The van der Waals surface area contributed by atoms with Gasteiger partial charge in [-0.05, 0) is 79.6 Å². The lowest BCUT2D eigenvalue weighted by molar-refractivity contribution is -0.120. The summed E-state index contributed by atoms with van der Waals surface area (Å²) in [7, 11) is -7.41. The summed E-state index contributed by atoms with van der Waals surface area (Å²) in [6.45, 7) is 4.20. The van der Waals surface area contributed by atoms with Crippen LogP contribution >= 0.6 is 11.3 Å². The first-order chi connectivity index (χ1) is 16.6. The van der Waals surface area contributed by atoms with Crippen LogP contribution in [-0.2, 0) is 24.8 Å². The molecule has 11 heteroatoms. The highest BCUT2D eigenvalue weighted by molar-refractivity contribution is 7.92. The number of anilines is 2. The fraction of sp³-hybridized carbons (Fsp3) is 0.292. The molecule has 1 aromatic heterocycles. The Hall–Kier alpha value is -2.73. The summed E-state index contributed by atoms with van der Waals surface area (Å²) in [4.78, 5) is 12.9. The molecule has 2 aromatic carbocycles. The van der Waals surface area contributed by atoms with Gasteiger partial charge in [0.05, 0.1) is 16.5 Å². The number of nitrogens with one attached hydrogen (secondary N) is 2. The molecule has 0 spiro atoms. The van der Waals surface area contributed by atoms with E-state index in [0.29, 0.717) is 30.8 Å². The Balaban J connectivity index is 1.42. The number of carbonyl (C=O) groups excluding carboxylic acids is 1. The lowest BCUT2D eigenvalue weighted by Gasteiger charge is -2.30. The van der Waals surface area contributed by atoms with E-state index in [4.69, 9.17) is 0 Å². The summed E-state index contributed by atoms with van der Waals surface area (Å²) < 4.78 is 55.5. The van der Waals surface area contributed by atoms with Gasteiger partial charge in [-0.15, -0.1) is 11.3 Å². The van der Waals surface area contributed by atoms with E-state index in [1.165, 1.54) is 28.6 Å². The smallest absolute Gasteiger partial charge is 0.261 e. The molecule has 3 aromatic rings. The zero-order valence-corrected chi connectivity index (χ0v) is 21.8. The Morgan fingerprint density at radius 1 is 1.03 bits per heavy atom. The van der Waals surface area contributed by atoms with E-state index in [-0.39, 0.29) is 21.6 Å². The van der Waals surface area contributed by atoms with Crippen LogP contribution in [0.2, 0.25) is 0 Å². The normalized spacial score (nSPS) is 17.1. The molecule has 0 radical (unpaired) electrons. The number of sulfonamides is 2. The van der Waals surface area contributed by atoms with Gasteiger partial charge < -0.3 is 5.32 Å². The Bertz CT molecular complexity index is 1420. The van der Waals surface area contributed by atoms with E-state index in [0.717, 1.165) is 22.5 Å². The monoisotopic (exact) mass is 533 g/mol. The summed E-state index contributed by atoms with van der Waals surface area (Å²) in [5.74, 6) is -0.784. The van der Waals surface area contributed by atoms with Crippen molar-refractivity contribution in [3.05, 3.63) is 71.1 Å². The van der Waals surface area contributed by atoms with Gasteiger partial charge in [0.1, 0.15) is 4.21 Å². The predicted molar refractivity (Wildman–Crippen MR) is 138 cm³/mol. The molecule has 4 rings (SSSR count). The van der Waals surface area contributed by atoms with Crippen molar-refractivity contribution >= 4 is 48.7 Å². The molecule has 1 aliphatic rings. The number of rotatable bonds is 7. The molecule has 2 N–H and O–H groups in total. The fourth-order valence-corrected chi connectivity index (χ4v) is 7.71. The van der Waals surface area contributed by atoms with Crippen LogP contribution in [0.3, 0.4) is 0 Å². The van der Waals surface area contributed by atoms with Crippen LogP contribution in [0.5, 0.6) is 0 Å². The Morgan fingerprint density at radius 2 is 1.77 bits per heavy atom. The van der Waals surface area contributed by atoms with Crippen LogP contribution < -0.4 is 10.0 Å². The molecule has 1 amide bonds. The number of hydrogen-bond acceptors (Lipinski definition) is 6. The average Bonchev–Trinajstić information content (AvgIpc) is 3.38. The van der Waals surface area contributed by atoms with Crippen molar-refractivity contribution in [1.29, 1.82) is 0 Å². The molecular formula is C24H27N3O5S3. The molecule has 8 nitrogen and oxygen atoms in total. The Morgan fingerprint density at radius 3 is 2.46 bits per heavy atom. The highest BCUT2D eigenvalue weighted by atomic mass is 32.2. The summed E-state index contributed by atoms with van der Waals surface area (Å²) in [6, 6.07) is 14.7. The third-order valence-corrected chi connectivity index (χ3v) is 10.5. The largest absolute Gasteiger partial charge is 0.326 e. The third-order valence-electron chi connectivity index (χ3n) is 5.91. The summed E-state index contributed by atoms with van der Waals surface area (Å²) >= 11 is 1.16. The van der Waals surface area contributed by atoms with Crippen molar-refractivity contribution in [3.63, 3.8) is 0 Å². The Labute approximate surface area is 210 Å². The zero-order chi connectivity index (χ0) is 25.2. The van der Waals surface area contributed by atoms with Gasteiger partial charge in [-0.2, -0.15) is 4.31 Å². The van der Waals surface area contributed by atoms with Gasteiger partial charge in [0.25, 0.3) is 20.0 Å².